The van der Waals surface area contributed by atoms with Gasteiger partial charge in [-0.25, -0.2) is 0 Å². The SMILES string of the molecule is COC(C(=O)Nc1cccc(O)c1C)c1ccccc1. The van der Waals surface area contributed by atoms with Gasteiger partial charge < -0.3 is 15.2 Å². The highest BCUT2D eigenvalue weighted by molar-refractivity contribution is 5.95. The summed E-state index contributed by atoms with van der Waals surface area (Å²) in [6, 6.07) is 14.3. The van der Waals surface area contributed by atoms with Crippen LogP contribution in [0.15, 0.2) is 48.5 Å². The third-order valence-corrected chi connectivity index (χ3v) is 3.14. The van der Waals surface area contributed by atoms with E-state index in [1.807, 2.05) is 30.3 Å². The second-order valence-corrected chi connectivity index (χ2v) is 4.47. The van der Waals surface area contributed by atoms with Gasteiger partial charge >= 0.3 is 0 Å². The van der Waals surface area contributed by atoms with E-state index in [2.05, 4.69) is 5.32 Å². The molecule has 0 heterocycles. The molecule has 2 rings (SSSR count). The van der Waals surface area contributed by atoms with Crippen LogP contribution in [0.2, 0.25) is 0 Å². The lowest BCUT2D eigenvalue weighted by Crippen LogP contribution is -2.22. The van der Waals surface area contributed by atoms with Gasteiger partial charge in [-0.05, 0) is 24.6 Å². The maximum absolute atomic E-state index is 12.3. The minimum Gasteiger partial charge on any atom is -0.508 e. The summed E-state index contributed by atoms with van der Waals surface area (Å²) < 4.78 is 5.27. The Morgan fingerprint density at radius 3 is 2.50 bits per heavy atom. The maximum Gasteiger partial charge on any atom is 0.258 e. The van der Waals surface area contributed by atoms with E-state index in [1.54, 1.807) is 25.1 Å². The van der Waals surface area contributed by atoms with E-state index in [-0.39, 0.29) is 11.7 Å². The molecule has 0 aromatic heterocycles. The molecule has 0 bridgehead atoms. The van der Waals surface area contributed by atoms with Crippen molar-refractivity contribution in [3.63, 3.8) is 0 Å². The van der Waals surface area contributed by atoms with Crippen molar-refractivity contribution in [1.82, 2.24) is 0 Å². The fourth-order valence-corrected chi connectivity index (χ4v) is 1.98. The van der Waals surface area contributed by atoms with Crippen LogP contribution in [0.4, 0.5) is 5.69 Å². The highest BCUT2D eigenvalue weighted by atomic mass is 16.5. The Bertz CT molecular complexity index is 596. The van der Waals surface area contributed by atoms with Crippen LogP contribution in [-0.2, 0) is 9.53 Å². The highest BCUT2D eigenvalue weighted by Gasteiger charge is 2.20. The molecular weight excluding hydrogens is 254 g/mol. The van der Waals surface area contributed by atoms with Gasteiger partial charge in [-0.15, -0.1) is 0 Å². The van der Waals surface area contributed by atoms with Gasteiger partial charge in [0.2, 0.25) is 0 Å². The van der Waals surface area contributed by atoms with Gasteiger partial charge in [-0.2, -0.15) is 0 Å². The molecule has 104 valence electrons. The topological polar surface area (TPSA) is 58.6 Å². The molecule has 0 aliphatic rings. The number of nitrogens with one attached hydrogen (secondary N) is 1. The van der Waals surface area contributed by atoms with Crippen LogP contribution in [0.5, 0.6) is 5.75 Å². The van der Waals surface area contributed by atoms with E-state index in [4.69, 9.17) is 4.74 Å². The molecule has 2 aromatic carbocycles. The first-order valence-electron chi connectivity index (χ1n) is 6.30. The number of carbonyl (C=O) groups is 1. The van der Waals surface area contributed by atoms with Crippen molar-refractivity contribution in [2.45, 2.75) is 13.0 Å². The number of phenolic OH excluding ortho intramolecular Hbond substituents is 1. The van der Waals surface area contributed by atoms with Crippen LogP contribution in [0.1, 0.15) is 17.2 Å². The zero-order valence-electron chi connectivity index (χ0n) is 11.5. The molecule has 1 unspecified atom stereocenters. The number of phenols is 1. The minimum absolute atomic E-state index is 0.150. The molecule has 20 heavy (non-hydrogen) atoms. The number of anilines is 1. The lowest BCUT2D eigenvalue weighted by molar-refractivity contribution is -0.126. The average Bonchev–Trinajstić information content (AvgIpc) is 2.46. The van der Waals surface area contributed by atoms with E-state index < -0.39 is 6.10 Å². The molecule has 2 N–H and O–H groups in total. The normalized spacial score (nSPS) is 11.9. The molecule has 0 radical (unpaired) electrons. The van der Waals surface area contributed by atoms with E-state index in [9.17, 15) is 9.90 Å². The average molecular weight is 271 g/mol. The summed E-state index contributed by atoms with van der Waals surface area (Å²) >= 11 is 0. The summed E-state index contributed by atoms with van der Waals surface area (Å²) in [5.74, 6) is -0.121. The molecule has 0 aliphatic heterocycles. The summed E-state index contributed by atoms with van der Waals surface area (Å²) in [7, 11) is 1.49. The Morgan fingerprint density at radius 2 is 1.85 bits per heavy atom. The molecule has 0 fully saturated rings. The van der Waals surface area contributed by atoms with Crippen LogP contribution in [0, 0.1) is 6.92 Å². The van der Waals surface area contributed by atoms with Gasteiger partial charge in [-0.1, -0.05) is 36.4 Å². The number of amides is 1. The van der Waals surface area contributed by atoms with Crippen molar-refractivity contribution in [1.29, 1.82) is 0 Å². The zero-order valence-corrected chi connectivity index (χ0v) is 11.5. The number of ether oxygens (including phenoxy) is 1. The predicted molar refractivity (Wildman–Crippen MR) is 77.7 cm³/mol. The molecule has 0 aliphatic carbocycles. The maximum atomic E-state index is 12.3. The Hall–Kier alpha value is -2.33. The minimum atomic E-state index is -0.682. The van der Waals surface area contributed by atoms with Crippen molar-refractivity contribution < 1.29 is 14.6 Å². The Morgan fingerprint density at radius 1 is 1.15 bits per heavy atom. The number of aromatic hydroxyl groups is 1. The smallest absolute Gasteiger partial charge is 0.258 e. The summed E-state index contributed by atoms with van der Waals surface area (Å²) in [6.45, 7) is 1.75. The summed E-state index contributed by atoms with van der Waals surface area (Å²) in [5.41, 5.74) is 1.99. The van der Waals surface area contributed by atoms with E-state index in [0.717, 1.165) is 5.56 Å². The summed E-state index contributed by atoms with van der Waals surface area (Å²) in [5, 5.41) is 12.4. The van der Waals surface area contributed by atoms with Crippen molar-refractivity contribution in [2.75, 3.05) is 12.4 Å². The first-order valence-corrected chi connectivity index (χ1v) is 6.30. The third-order valence-electron chi connectivity index (χ3n) is 3.14. The standard InChI is InChI=1S/C16H17NO3/c1-11-13(9-6-10-14(11)18)17-16(19)15(20-2)12-7-4-3-5-8-12/h3-10,15,18H,1-2H3,(H,17,19). The van der Waals surface area contributed by atoms with Gasteiger partial charge in [-0.3, -0.25) is 4.79 Å². The summed E-state index contributed by atoms with van der Waals surface area (Å²) in [4.78, 5) is 12.3. The third kappa shape index (κ3) is 2.97. The van der Waals surface area contributed by atoms with Gasteiger partial charge in [0, 0.05) is 18.4 Å². The van der Waals surface area contributed by atoms with Crippen LogP contribution in [0.3, 0.4) is 0 Å². The van der Waals surface area contributed by atoms with E-state index in [0.29, 0.717) is 11.3 Å². The van der Waals surface area contributed by atoms with Crippen molar-refractivity contribution in [2.24, 2.45) is 0 Å². The van der Waals surface area contributed by atoms with Crippen LogP contribution in [0.25, 0.3) is 0 Å². The van der Waals surface area contributed by atoms with Crippen molar-refractivity contribution >= 4 is 11.6 Å². The molecule has 2 aromatic rings. The Kier molecular flexibility index (Phi) is 4.38. The van der Waals surface area contributed by atoms with Crippen LogP contribution in [-0.4, -0.2) is 18.1 Å². The van der Waals surface area contributed by atoms with Gasteiger partial charge in [0.15, 0.2) is 6.10 Å². The fourth-order valence-electron chi connectivity index (χ4n) is 1.98. The molecule has 1 atom stereocenters. The van der Waals surface area contributed by atoms with E-state index in [1.165, 1.54) is 7.11 Å². The zero-order chi connectivity index (χ0) is 14.5. The Labute approximate surface area is 118 Å². The molecule has 0 saturated heterocycles. The molecule has 0 spiro atoms. The van der Waals surface area contributed by atoms with Gasteiger partial charge in [0.05, 0.1) is 0 Å². The molecular formula is C16H17NO3. The largest absolute Gasteiger partial charge is 0.508 e. The first-order chi connectivity index (χ1) is 9.63. The molecule has 1 amide bonds. The monoisotopic (exact) mass is 271 g/mol. The molecule has 4 nitrogen and oxygen atoms in total. The highest BCUT2D eigenvalue weighted by Crippen LogP contribution is 2.25. The second kappa shape index (κ2) is 6.21. The van der Waals surface area contributed by atoms with Crippen molar-refractivity contribution in [3.05, 3.63) is 59.7 Å². The number of carbonyl (C=O) groups excluding carboxylic acids is 1. The molecule has 0 saturated carbocycles. The molecule has 4 heteroatoms. The lowest BCUT2D eigenvalue weighted by Gasteiger charge is -2.17. The quantitative estimate of drug-likeness (QED) is 0.898. The second-order valence-electron chi connectivity index (χ2n) is 4.47. The fraction of sp³-hybridized carbons (Fsp3) is 0.188. The lowest BCUT2D eigenvalue weighted by atomic mass is 10.1. The summed E-state index contributed by atoms with van der Waals surface area (Å²) in [6.07, 6.45) is -0.682. The van der Waals surface area contributed by atoms with Crippen molar-refractivity contribution in [3.8, 4) is 5.75 Å². The number of hydrogen-bond donors (Lipinski definition) is 2. The van der Waals surface area contributed by atoms with Gasteiger partial charge in [0.1, 0.15) is 5.75 Å². The predicted octanol–water partition coefficient (Wildman–Crippen LogP) is 3.03. The number of methoxy groups -OCH3 is 1. The number of rotatable bonds is 4. The van der Waals surface area contributed by atoms with Gasteiger partial charge in [0.25, 0.3) is 5.91 Å². The Balaban J connectivity index is 2.20. The van der Waals surface area contributed by atoms with E-state index >= 15 is 0 Å². The van der Waals surface area contributed by atoms with Crippen LogP contribution >= 0.6 is 0 Å². The number of hydrogen-bond acceptors (Lipinski definition) is 3. The van der Waals surface area contributed by atoms with Crippen LogP contribution < -0.4 is 5.32 Å². The first kappa shape index (κ1) is 14.1. The number of benzene rings is 2.